The van der Waals surface area contributed by atoms with Crippen LogP contribution < -0.4 is 10.6 Å². The molecular formula is C19H28N2O4. The largest absolute Gasteiger partial charge is 0.356 e. The Labute approximate surface area is 149 Å². The van der Waals surface area contributed by atoms with Crippen LogP contribution in [0.2, 0.25) is 0 Å². The zero-order chi connectivity index (χ0) is 18.4. The van der Waals surface area contributed by atoms with E-state index in [2.05, 4.69) is 24.5 Å². The van der Waals surface area contributed by atoms with E-state index in [0.29, 0.717) is 31.6 Å². The predicted octanol–water partition coefficient (Wildman–Crippen LogP) is 2.48. The van der Waals surface area contributed by atoms with Crippen molar-refractivity contribution in [1.29, 1.82) is 0 Å². The second kappa shape index (κ2) is 8.45. The topological polar surface area (TPSA) is 76.7 Å². The zero-order valence-corrected chi connectivity index (χ0v) is 15.4. The summed E-state index contributed by atoms with van der Waals surface area (Å²) in [5.41, 5.74) is 0.810. The second-order valence-electron chi connectivity index (χ2n) is 6.94. The van der Waals surface area contributed by atoms with E-state index in [0.717, 1.165) is 11.3 Å². The Hall–Kier alpha value is -1.92. The van der Waals surface area contributed by atoms with Gasteiger partial charge < -0.3 is 20.1 Å². The summed E-state index contributed by atoms with van der Waals surface area (Å²) < 4.78 is 10.5. The average molecular weight is 348 g/mol. The molecule has 2 amide bonds. The van der Waals surface area contributed by atoms with E-state index < -0.39 is 5.54 Å². The van der Waals surface area contributed by atoms with Gasteiger partial charge in [-0.05, 0) is 30.4 Å². The normalized spacial score (nSPS) is 20.2. The quantitative estimate of drug-likeness (QED) is 0.708. The van der Waals surface area contributed by atoms with Crippen molar-refractivity contribution in [3.8, 4) is 0 Å². The van der Waals surface area contributed by atoms with Crippen molar-refractivity contribution in [3.05, 3.63) is 29.8 Å². The number of hydrogen-bond donors (Lipinski definition) is 2. The van der Waals surface area contributed by atoms with E-state index in [1.165, 1.54) is 0 Å². The molecule has 0 radical (unpaired) electrons. The van der Waals surface area contributed by atoms with Crippen LogP contribution in [0.4, 0.5) is 5.69 Å². The fourth-order valence-corrected chi connectivity index (χ4v) is 3.34. The van der Waals surface area contributed by atoms with Crippen LogP contribution in [0.3, 0.4) is 0 Å². The molecule has 1 aromatic carbocycles. The molecular weight excluding hydrogens is 320 g/mol. The number of benzene rings is 1. The molecule has 138 valence electrons. The smallest absolute Gasteiger partial charge is 0.250 e. The SMILES string of the molecule is COC(Cc1ccccc1NC(=O)C1(CC(C)C)CCC(=O)N1)OC. The number of para-hydroxylation sites is 1. The first-order chi connectivity index (χ1) is 11.9. The number of amides is 2. The molecule has 0 aromatic heterocycles. The third-order valence-corrected chi connectivity index (χ3v) is 4.53. The Morgan fingerprint density at radius 2 is 1.96 bits per heavy atom. The standard InChI is InChI=1S/C19H28N2O4/c1-13(2)12-19(10-9-16(22)21-19)18(23)20-15-8-6-5-7-14(15)11-17(24-3)25-4/h5-8,13,17H,9-12H2,1-4H3,(H,20,23)(H,21,22). The molecule has 1 saturated heterocycles. The number of anilines is 1. The van der Waals surface area contributed by atoms with Crippen LogP contribution in [-0.2, 0) is 25.5 Å². The number of carbonyl (C=O) groups is 2. The van der Waals surface area contributed by atoms with Crippen LogP contribution in [0, 0.1) is 5.92 Å². The van der Waals surface area contributed by atoms with Gasteiger partial charge in [0.15, 0.2) is 6.29 Å². The lowest BCUT2D eigenvalue weighted by atomic mass is 9.86. The summed E-state index contributed by atoms with van der Waals surface area (Å²) in [6, 6.07) is 7.57. The third kappa shape index (κ3) is 4.80. The highest BCUT2D eigenvalue weighted by atomic mass is 16.7. The summed E-state index contributed by atoms with van der Waals surface area (Å²) in [7, 11) is 3.17. The Bertz CT molecular complexity index is 613. The van der Waals surface area contributed by atoms with Gasteiger partial charge >= 0.3 is 0 Å². The van der Waals surface area contributed by atoms with Crippen molar-refractivity contribution >= 4 is 17.5 Å². The van der Waals surface area contributed by atoms with E-state index in [9.17, 15) is 9.59 Å². The second-order valence-corrected chi connectivity index (χ2v) is 6.94. The maximum Gasteiger partial charge on any atom is 0.250 e. The number of hydrogen-bond acceptors (Lipinski definition) is 4. The van der Waals surface area contributed by atoms with E-state index in [1.54, 1.807) is 14.2 Å². The molecule has 6 heteroatoms. The summed E-state index contributed by atoms with van der Waals surface area (Å²) in [6.45, 7) is 4.10. The Kier molecular flexibility index (Phi) is 6.56. The lowest BCUT2D eigenvalue weighted by molar-refractivity contribution is -0.126. The first-order valence-electron chi connectivity index (χ1n) is 8.66. The lowest BCUT2D eigenvalue weighted by Crippen LogP contribution is -2.52. The molecule has 1 aliphatic heterocycles. The molecule has 0 spiro atoms. The zero-order valence-electron chi connectivity index (χ0n) is 15.4. The van der Waals surface area contributed by atoms with Gasteiger partial charge in [-0.15, -0.1) is 0 Å². The molecule has 0 aliphatic carbocycles. The Morgan fingerprint density at radius 3 is 2.52 bits per heavy atom. The molecule has 1 unspecified atom stereocenters. The summed E-state index contributed by atoms with van der Waals surface area (Å²) in [4.78, 5) is 24.8. The number of nitrogens with one attached hydrogen (secondary N) is 2. The summed E-state index contributed by atoms with van der Waals surface area (Å²) in [5, 5.41) is 5.91. The highest BCUT2D eigenvalue weighted by Crippen LogP contribution is 2.30. The predicted molar refractivity (Wildman–Crippen MR) is 96.1 cm³/mol. The lowest BCUT2D eigenvalue weighted by Gasteiger charge is -2.30. The molecule has 1 aliphatic rings. The van der Waals surface area contributed by atoms with Gasteiger partial charge in [-0.3, -0.25) is 9.59 Å². The molecule has 1 heterocycles. The third-order valence-electron chi connectivity index (χ3n) is 4.53. The molecule has 2 N–H and O–H groups in total. The van der Waals surface area contributed by atoms with Crippen LogP contribution in [0.15, 0.2) is 24.3 Å². The van der Waals surface area contributed by atoms with Crippen molar-refractivity contribution in [2.75, 3.05) is 19.5 Å². The number of methoxy groups -OCH3 is 2. The number of carbonyl (C=O) groups excluding carboxylic acids is 2. The van der Waals surface area contributed by atoms with Crippen molar-refractivity contribution in [2.24, 2.45) is 5.92 Å². The highest BCUT2D eigenvalue weighted by Gasteiger charge is 2.44. The van der Waals surface area contributed by atoms with Crippen molar-refractivity contribution in [2.45, 2.75) is 51.4 Å². The van der Waals surface area contributed by atoms with E-state index in [-0.39, 0.29) is 18.1 Å². The van der Waals surface area contributed by atoms with Crippen molar-refractivity contribution in [1.82, 2.24) is 5.32 Å². The Morgan fingerprint density at radius 1 is 1.28 bits per heavy atom. The van der Waals surface area contributed by atoms with E-state index >= 15 is 0 Å². The summed E-state index contributed by atoms with van der Waals surface area (Å²) >= 11 is 0. The molecule has 1 fully saturated rings. The first-order valence-corrected chi connectivity index (χ1v) is 8.66. The van der Waals surface area contributed by atoms with Crippen LogP contribution >= 0.6 is 0 Å². The van der Waals surface area contributed by atoms with Gasteiger partial charge in [0.1, 0.15) is 5.54 Å². The molecule has 1 aromatic rings. The van der Waals surface area contributed by atoms with E-state index in [1.807, 2.05) is 24.3 Å². The van der Waals surface area contributed by atoms with Gasteiger partial charge in [0, 0.05) is 32.7 Å². The monoisotopic (exact) mass is 348 g/mol. The van der Waals surface area contributed by atoms with Gasteiger partial charge in [0.2, 0.25) is 11.8 Å². The van der Waals surface area contributed by atoms with Gasteiger partial charge in [-0.2, -0.15) is 0 Å². The minimum atomic E-state index is -0.833. The first kappa shape index (κ1) is 19.4. The maximum atomic E-state index is 13.0. The average Bonchev–Trinajstić information content (AvgIpc) is 2.95. The van der Waals surface area contributed by atoms with Gasteiger partial charge in [-0.25, -0.2) is 0 Å². The molecule has 2 rings (SSSR count). The summed E-state index contributed by atoms with van der Waals surface area (Å²) in [5.74, 6) is 0.0690. The van der Waals surface area contributed by atoms with E-state index in [4.69, 9.17) is 9.47 Å². The fourth-order valence-electron chi connectivity index (χ4n) is 3.34. The molecule has 0 bridgehead atoms. The van der Waals surface area contributed by atoms with Gasteiger partial charge in [0.05, 0.1) is 0 Å². The Balaban J connectivity index is 2.20. The number of rotatable bonds is 8. The van der Waals surface area contributed by atoms with Crippen molar-refractivity contribution < 1.29 is 19.1 Å². The van der Waals surface area contributed by atoms with Gasteiger partial charge in [0.25, 0.3) is 0 Å². The summed E-state index contributed by atoms with van der Waals surface area (Å²) in [6.07, 6.45) is 1.67. The maximum absolute atomic E-state index is 13.0. The molecule has 1 atom stereocenters. The van der Waals surface area contributed by atoms with Crippen LogP contribution in [0.1, 0.15) is 38.7 Å². The minimum Gasteiger partial charge on any atom is -0.356 e. The number of ether oxygens (including phenoxy) is 2. The molecule has 25 heavy (non-hydrogen) atoms. The minimum absolute atomic E-state index is 0.0667. The van der Waals surface area contributed by atoms with Gasteiger partial charge in [-0.1, -0.05) is 32.0 Å². The van der Waals surface area contributed by atoms with Crippen LogP contribution in [-0.4, -0.2) is 37.9 Å². The van der Waals surface area contributed by atoms with Crippen LogP contribution in [0.25, 0.3) is 0 Å². The van der Waals surface area contributed by atoms with Crippen LogP contribution in [0.5, 0.6) is 0 Å². The molecule has 0 saturated carbocycles. The highest BCUT2D eigenvalue weighted by molar-refractivity contribution is 6.02. The molecule has 6 nitrogen and oxygen atoms in total. The fraction of sp³-hybridized carbons (Fsp3) is 0.579. The van der Waals surface area contributed by atoms with Crippen molar-refractivity contribution in [3.63, 3.8) is 0 Å².